The van der Waals surface area contributed by atoms with Crippen molar-refractivity contribution in [1.82, 2.24) is 15.3 Å². The molecule has 0 radical (unpaired) electrons. The van der Waals surface area contributed by atoms with Crippen LogP contribution in [-0.4, -0.2) is 29.0 Å². The maximum Gasteiger partial charge on any atom is 0.217 e. The fraction of sp³-hybridized carbons (Fsp3) is 0.545. The van der Waals surface area contributed by atoms with Crippen LogP contribution in [0.5, 0.6) is 0 Å². The zero-order valence-electron chi connectivity index (χ0n) is 9.44. The van der Waals surface area contributed by atoms with Gasteiger partial charge in [-0.1, -0.05) is 0 Å². The van der Waals surface area contributed by atoms with Gasteiger partial charge in [-0.15, -0.1) is 0 Å². The molecule has 1 aromatic heterocycles. The maximum absolute atomic E-state index is 10.8. The lowest BCUT2D eigenvalue weighted by atomic mass is 10.4. The summed E-state index contributed by atoms with van der Waals surface area (Å²) in [6, 6.07) is 1.92. The molecule has 0 aromatic carbocycles. The predicted octanol–water partition coefficient (Wildman–Crippen LogP) is 0.713. The number of carbonyl (C=O) groups is 1. The quantitative estimate of drug-likeness (QED) is 0.815. The molecule has 16 heavy (non-hydrogen) atoms. The summed E-state index contributed by atoms with van der Waals surface area (Å²) >= 11 is 0. The molecular weight excluding hydrogens is 204 g/mol. The van der Waals surface area contributed by atoms with Crippen molar-refractivity contribution in [3.63, 3.8) is 0 Å². The Morgan fingerprint density at radius 1 is 1.50 bits per heavy atom. The molecular formula is C11H16N4O. The SMILES string of the molecule is CC(=O)NCc1nccc(N2CCCC2)n1. The van der Waals surface area contributed by atoms with Gasteiger partial charge in [-0.3, -0.25) is 4.79 Å². The number of amides is 1. The third kappa shape index (κ3) is 2.68. The largest absolute Gasteiger partial charge is 0.357 e. The lowest BCUT2D eigenvalue weighted by Gasteiger charge is -2.16. The minimum Gasteiger partial charge on any atom is -0.357 e. The van der Waals surface area contributed by atoms with E-state index in [1.165, 1.54) is 19.8 Å². The Morgan fingerprint density at radius 2 is 2.25 bits per heavy atom. The number of hydrogen-bond acceptors (Lipinski definition) is 4. The molecule has 0 bridgehead atoms. The molecule has 1 amide bonds. The molecule has 0 aliphatic carbocycles. The molecule has 86 valence electrons. The molecule has 1 saturated heterocycles. The first-order valence-electron chi connectivity index (χ1n) is 5.57. The summed E-state index contributed by atoms with van der Waals surface area (Å²) in [4.78, 5) is 21.6. The molecule has 5 nitrogen and oxygen atoms in total. The fourth-order valence-electron chi connectivity index (χ4n) is 1.80. The molecule has 2 heterocycles. The van der Waals surface area contributed by atoms with E-state index in [0.717, 1.165) is 18.9 Å². The standard InChI is InChI=1S/C11H16N4O/c1-9(16)13-8-10-12-5-4-11(14-10)15-6-2-3-7-15/h4-5H,2-3,6-8H2,1H3,(H,13,16). The van der Waals surface area contributed by atoms with Gasteiger partial charge in [0.15, 0.2) is 0 Å². The Bertz CT molecular complexity index is 374. The Kier molecular flexibility index (Phi) is 3.34. The van der Waals surface area contributed by atoms with Crippen LogP contribution in [0.1, 0.15) is 25.6 Å². The van der Waals surface area contributed by atoms with Crippen molar-refractivity contribution in [3.05, 3.63) is 18.1 Å². The number of nitrogens with one attached hydrogen (secondary N) is 1. The Morgan fingerprint density at radius 3 is 2.94 bits per heavy atom. The van der Waals surface area contributed by atoms with Gasteiger partial charge in [0.25, 0.3) is 0 Å². The van der Waals surface area contributed by atoms with Crippen molar-refractivity contribution in [2.45, 2.75) is 26.3 Å². The zero-order chi connectivity index (χ0) is 11.4. The Hall–Kier alpha value is -1.65. The second-order valence-corrected chi connectivity index (χ2v) is 3.93. The number of aromatic nitrogens is 2. The van der Waals surface area contributed by atoms with Crippen LogP contribution in [-0.2, 0) is 11.3 Å². The Labute approximate surface area is 94.9 Å². The van der Waals surface area contributed by atoms with Crippen LogP contribution >= 0.6 is 0 Å². The normalized spacial score (nSPS) is 15.2. The van der Waals surface area contributed by atoms with E-state index in [4.69, 9.17) is 0 Å². The van der Waals surface area contributed by atoms with Crippen LogP contribution in [0.4, 0.5) is 5.82 Å². The highest BCUT2D eigenvalue weighted by molar-refractivity contribution is 5.72. The highest BCUT2D eigenvalue weighted by Gasteiger charge is 2.13. The van der Waals surface area contributed by atoms with Gasteiger partial charge in [0, 0.05) is 26.2 Å². The summed E-state index contributed by atoms with van der Waals surface area (Å²) in [7, 11) is 0. The van der Waals surface area contributed by atoms with Gasteiger partial charge in [-0.25, -0.2) is 9.97 Å². The highest BCUT2D eigenvalue weighted by Crippen LogP contribution is 2.16. The molecule has 1 aliphatic heterocycles. The molecule has 0 saturated carbocycles. The summed E-state index contributed by atoms with van der Waals surface area (Å²) in [5, 5.41) is 2.70. The second-order valence-electron chi connectivity index (χ2n) is 3.93. The van der Waals surface area contributed by atoms with E-state index in [-0.39, 0.29) is 5.91 Å². The minimum atomic E-state index is -0.0600. The van der Waals surface area contributed by atoms with Crippen LogP contribution in [0, 0.1) is 0 Å². The van der Waals surface area contributed by atoms with Gasteiger partial charge in [0.1, 0.15) is 11.6 Å². The molecule has 2 rings (SSSR count). The third-order valence-corrected chi connectivity index (χ3v) is 2.62. The lowest BCUT2D eigenvalue weighted by molar-refractivity contribution is -0.119. The molecule has 5 heteroatoms. The van der Waals surface area contributed by atoms with Gasteiger partial charge in [0.2, 0.25) is 5.91 Å². The van der Waals surface area contributed by atoms with E-state index in [1.807, 2.05) is 6.07 Å². The first-order chi connectivity index (χ1) is 7.75. The van der Waals surface area contributed by atoms with E-state index < -0.39 is 0 Å². The highest BCUT2D eigenvalue weighted by atomic mass is 16.1. The third-order valence-electron chi connectivity index (χ3n) is 2.62. The van der Waals surface area contributed by atoms with Gasteiger partial charge in [-0.05, 0) is 18.9 Å². The molecule has 1 aromatic rings. The van der Waals surface area contributed by atoms with Gasteiger partial charge in [0.05, 0.1) is 6.54 Å². The van der Waals surface area contributed by atoms with E-state index in [1.54, 1.807) is 6.20 Å². The van der Waals surface area contributed by atoms with Crippen molar-refractivity contribution in [1.29, 1.82) is 0 Å². The Balaban J connectivity index is 2.03. The summed E-state index contributed by atoms with van der Waals surface area (Å²) in [5.74, 6) is 1.57. The molecule has 0 unspecified atom stereocenters. The average Bonchev–Trinajstić information content (AvgIpc) is 2.80. The van der Waals surface area contributed by atoms with Crippen LogP contribution in [0.2, 0.25) is 0 Å². The van der Waals surface area contributed by atoms with Gasteiger partial charge >= 0.3 is 0 Å². The van der Waals surface area contributed by atoms with E-state index >= 15 is 0 Å². The lowest BCUT2D eigenvalue weighted by Crippen LogP contribution is -2.23. The maximum atomic E-state index is 10.8. The van der Waals surface area contributed by atoms with Crippen LogP contribution in [0.15, 0.2) is 12.3 Å². The molecule has 1 N–H and O–H groups in total. The number of anilines is 1. The van der Waals surface area contributed by atoms with E-state index in [2.05, 4.69) is 20.2 Å². The summed E-state index contributed by atoms with van der Waals surface area (Å²) in [6.45, 7) is 4.02. The number of hydrogen-bond donors (Lipinski definition) is 1. The van der Waals surface area contributed by atoms with E-state index in [0.29, 0.717) is 12.4 Å². The molecule has 1 fully saturated rings. The first kappa shape index (κ1) is 10.9. The summed E-state index contributed by atoms with van der Waals surface area (Å²) < 4.78 is 0. The predicted molar refractivity (Wildman–Crippen MR) is 61.0 cm³/mol. The molecule has 0 atom stereocenters. The van der Waals surface area contributed by atoms with E-state index in [9.17, 15) is 4.79 Å². The van der Waals surface area contributed by atoms with Gasteiger partial charge < -0.3 is 10.2 Å². The molecule has 0 spiro atoms. The smallest absolute Gasteiger partial charge is 0.217 e. The molecule has 1 aliphatic rings. The summed E-state index contributed by atoms with van der Waals surface area (Å²) in [6.07, 6.45) is 4.20. The number of carbonyl (C=O) groups excluding carboxylic acids is 1. The van der Waals surface area contributed by atoms with Crippen LogP contribution < -0.4 is 10.2 Å². The van der Waals surface area contributed by atoms with Crippen LogP contribution in [0.3, 0.4) is 0 Å². The van der Waals surface area contributed by atoms with Gasteiger partial charge in [-0.2, -0.15) is 0 Å². The van der Waals surface area contributed by atoms with Crippen molar-refractivity contribution < 1.29 is 4.79 Å². The minimum absolute atomic E-state index is 0.0600. The zero-order valence-corrected chi connectivity index (χ0v) is 9.44. The summed E-state index contributed by atoms with van der Waals surface area (Å²) in [5.41, 5.74) is 0. The van der Waals surface area contributed by atoms with Crippen molar-refractivity contribution in [3.8, 4) is 0 Å². The number of nitrogens with zero attached hydrogens (tertiary/aromatic N) is 3. The first-order valence-corrected chi connectivity index (χ1v) is 5.57. The van der Waals surface area contributed by atoms with Crippen molar-refractivity contribution in [2.24, 2.45) is 0 Å². The fourth-order valence-corrected chi connectivity index (χ4v) is 1.80. The van der Waals surface area contributed by atoms with Crippen molar-refractivity contribution in [2.75, 3.05) is 18.0 Å². The monoisotopic (exact) mass is 220 g/mol. The second kappa shape index (κ2) is 4.92. The number of rotatable bonds is 3. The van der Waals surface area contributed by atoms with Crippen molar-refractivity contribution >= 4 is 11.7 Å². The van der Waals surface area contributed by atoms with Crippen LogP contribution in [0.25, 0.3) is 0 Å². The average molecular weight is 220 g/mol. The topological polar surface area (TPSA) is 58.1 Å².